The fourth-order valence-electron chi connectivity index (χ4n) is 9.68. The largest absolute Gasteiger partial charge is 0.456 e. The maximum absolute atomic E-state index is 6.15. The molecule has 286 valence electrons. The first kappa shape index (κ1) is 35.3. The third-order valence-corrected chi connectivity index (χ3v) is 13.1. The van der Waals surface area contributed by atoms with Crippen molar-refractivity contribution in [2.45, 2.75) is 51.4 Å². The first-order chi connectivity index (χ1) is 28.7. The molecule has 0 aliphatic heterocycles. The fraction of sp³-hybridized carbons (Fsp3) is 0.143. The molecule has 11 rings (SSSR count). The number of nitrogens with zero attached hydrogens (tertiary/aromatic N) is 2. The van der Waals surface area contributed by atoms with Crippen LogP contribution in [-0.4, -0.2) is 4.57 Å². The second-order valence-electron chi connectivity index (χ2n) is 17.7. The minimum absolute atomic E-state index is 0.109. The van der Waals surface area contributed by atoms with Gasteiger partial charge in [-0.2, -0.15) is 0 Å². The van der Waals surface area contributed by atoms with Gasteiger partial charge >= 0.3 is 0 Å². The van der Waals surface area contributed by atoms with Crippen molar-refractivity contribution in [3.05, 3.63) is 193 Å². The van der Waals surface area contributed by atoms with E-state index in [9.17, 15) is 0 Å². The maximum atomic E-state index is 6.15. The predicted molar refractivity (Wildman–Crippen MR) is 249 cm³/mol. The fourth-order valence-corrected chi connectivity index (χ4v) is 9.68. The first-order valence-electron chi connectivity index (χ1n) is 20.9. The van der Waals surface area contributed by atoms with Crippen LogP contribution in [0.25, 0.3) is 71.7 Å². The molecule has 3 heteroatoms. The van der Waals surface area contributed by atoms with Gasteiger partial charge in [-0.05, 0) is 130 Å². The van der Waals surface area contributed by atoms with Crippen molar-refractivity contribution in [3.63, 3.8) is 0 Å². The number of hydrogen-bond donors (Lipinski definition) is 0. The summed E-state index contributed by atoms with van der Waals surface area (Å²) in [7, 11) is 0. The Morgan fingerprint density at radius 1 is 0.407 bits per heavy atom. The van der Waals surface area contributed by atoms with Crippen LogP contribution >= 0.6 is 0 Å². The van der Waals surface area contributed by atoms with Crippen LogP contribution in [0.15, 0.2) is 186 Å². The summed E-state index contributed by atoms with van der Waals surface area (Å²) in [6.45, 7) is 9.64. The molecule has 0 atom stereocenters. The third-order valence-electron chi connectivity index (χ3n) is 13.1. The van der Waals surface area contributed by atoms with E-state index in [1.165, 1.54) is 62.6 Å². The van der Waals surface area contributed by atoms with Gasteiger partial charge in [0.15, 0.2) is 0 Å². The number of rotatable bonds is 6. The Labute approximate surface area is 345 Å². The van der Waals surface area contributed by atoms with E-state index >= 15 is 0 Å². The summed E-state index contributed by atoms with van der Waals surface area (Å²) in [6, 6.07) is 66.5. The number of fused-ring (bicyclic) bond motifs is 7. The van der Waals surface area contributed by atoms with E-state index in [-0.39, 0.29) is 10.8 Å². The van der Waals surface area contributed by atoms with Gasteiger partial charge in [-0.3, -0.25) is 0 Å². The highest BCUT2D eigenvalue weighted by molar-refractivity contribution is 6.10. The molecule has 0 radical (unpaired) electrons. The highest BCUT2D eigenvalue weighted by Crippen LogP contribution is 2.47. The molecule has 0 N–H and O–H groups in total. The number of aromatic nitrogens is 1. The SMILES string of the molecule is CC1(C)CCC(C)(C)c2cc(-n3c4ccccc4c4ccc(N(c5ccc(-c6ccccc6)cc5)c5ccc(-c6ccc7oc8ccccc8c7c6)cc5)cc43)ccc21. The summed E-state index contributed by atoms with van der Waals surface area (Å²) >= 11 is 0. The van der Waals surface area contributed by atoms with Crippen molar-refractivity contribution >= 4 is 60.8 Å². The van der Waals surface area contributed by atoms with E-state index in [0.29, 0.717) is 0 Å². The molecule has 0 saturated carbocycles. The van der Waals surface area contributed by atoms with Gasteiger partial charge in [0, 0.05) is 44.3 Å². The van der Waals surface area contributed by atoms with E-state index in [4.69, 9.17) is 4.42 Å². The minimum Gasteiger partial charge on any atom is -0.456 e. The lowest BCUT2D eigenvalue weighted by atomic mass is 9.63. The molecule has 0 amide bonds. The predicted octanol–water partition coefficient (Wildman–Crippen LogP) is 15.8. The smallest absolute Gasteiger partial charge is 0.135 e. The van der Waals surface area contributed by atoms with Gasteiger partial charge in [0.05, 0.1) is 11.0 Å². The van der Waals surface area contributed by atoms with E-state index in [0.717, 1.165) is 50.1 Å². The monoisotopic (exact) mass is 762 g/mol. The van der Waals surface area contributed by atoms with Crippen LogP contribution in [0.3, 0.4) is 0 Å². The van der Waals surface area contributed by atoms with Crippen LogP contribution in [0, 0.1) is 0 Å². The molecule has 0 saturated heterocycles. The zero-order chi connectivity index (χ0) is 39.9. The lowest BCUT2D eigenvalue weighted by molar-refractivity contribution is 0.332. The number of para-hydroxylation sites is 2. The molecule has 2 aromatic heterocycles. The average Bonchev–Trinajstić information content (AvgIpc) is 3.81. The van der Waals surface area contributed by atoms with Crippen LogP contribution in [0.5, 0.6) is 0 Å². The van der Waals surface area contributed by atoms with Crippen molar-refractivity contribution in [1.29, 1.82) is 0 Å². The summed E-state index contributed by atoms with van der Waals surface area (Å²) in [5.41, 5.74) is 16.7. The van der Waals surface area contributed by atoms with Gasteiger partial charge in [-0.25, -0.2) is 0 Å². The van der Waals surface area contributed by atoms with E-state index in [1.54, 1.807) is 0 Å². The standard InChI is InChI=1S/C56H46N2O/c1-55(2)32-33-56(3,4)50-35-43(28-30-49(50)55)58-51-16-10-8-14-45(51)46-29-27-44(36-52(46)58)57(41-23-18-38(19-24-41)37-12-6-5-7-13-37)42-25-20-39(21-26-42)40-22-31-54-48(34-40)47-15-9-11-17-53(47)59-54/h5-31,34-36H,32-33H2,1-4H3. The van der Waals surface area contributed by atoms with Crippen molar-refractivity contribution in [2.24, 2.45) is 0 Å². The van der Waals surface area contributed by atoms with Gasteiger partial charge in [0.1, 0.15) is 11.2 Å². The molecular formula is C56H46N2O. The molecule has 10 aromatic rings. The molecule has 0 bridgehead atoms. The summed E-state index contributed by atoms with van der Waals surface area (Å²) in [5, 5.41) is 4.79. The molecule has 3 nitrogen and oxygen atoms in total. The normalized spacial score (nSPS) is 14.6. The Hall–Kier alpha value is -6.84. The molecule has 8 aromatic carbocycles. The van der Waals surface area contributed by atoms with Crippen molar-refractivity contribution in [2.75, 3.05) is 4.90 Å². The Morgan fingerprint density at radius 2 is 0.966 bits per heavy atom. The summed E-state index contributed by atoms with van der Waals surface area (Å²) < 4.78 is 8.64. The molecule has 1 aliphatic rings. The van der Waals surface area contributed by atoms with Gasteiger partial charge in [0.2, 0.25) is 0 Å². The summed E-state index contributed by atoms with van der Waals surface area (Å²) in [5.74, 6) is 0. The average molecular weight is 763 g/mol. The van der Waals surface area contributed by atoms with Crippen LogP contribution in [0.1, 0.15) is 51.7 Å². The topological polar surface area (TPSA) is 21.3 Å². The second kappa shape index (κ2) is 13.4. The Kier molecular flexibility index (Phi) is 8.00. The van der Waals surface area contributed by atoms with Gasteiger partial charge < -0.3 is 13.9 Å². The van der Waals surface area contributed by atoms with Gasteiger partial charge in [0.25, 0.3) is 0 Å². The number of hydrogen-bond acceptors (Lipinski definition) is 2. The second-order valence-corrected chi connectivity index (χ2v) is 17.7. The van der Waals surface area contributed by atoms with Crippen LogP contribution in [-0.2, 0) is 10.8 Å². The van der Waals surface area contributed by atoms with Crippen molar-refractivity contribution in [1.82, 2.24) is 4.57 Å². The molecule has 0 spiro atoms. The van der Waals surface area contributed by atoms with Crippen LogP contribution in [0.4, 0.5) is 17.1 Å². The van der Waals surface area contributed by atoms with Gasteiger partial charge in [-0.15, -0.1) is 0 Å². The number of furan rings is 1. The zero-order valence-electron chi connectivity index (χ0n) is 34.0. The summed E-state index contributed by atoms with van der Waals surface area (Å²) in [4.78, 5) is 2.39. The quantitative estimate of drug-likeness (QED) is 0.168. The number of benzene rings is 8. The minimum atomic E-state index is 0.109. The van der Waals surface area contributed by atoms with Crippen LogP contribution < -0.4 is 4.90 Å². The third kappa shape index (κ3) is 5.87. The summed E-state index contributed by atoms with van der Waals surface area (Å²) in [6.07, 6.45) is 2.38. The molecule has 59 heavy (non-hydrogen) atoms. The highest BCUT2D eigenvalue weighted by atomic mass is 16.3. The van der Waals surface area contributed by atoms with Crippen molar-refractivity contribution in [3.8, 4) is 27.9 Å². The molecule has 1 aliphatic carbocycles. The van der Waals surface area contributed by atoms with E-state index in [2.05, 4.69) is 207 Å². The van der Waals surface area contributed by atoms with E-state index in [1.807, 2.05) is 12.1 Å². The van der Waals surface area contributed by atoms with E-state index < -0.39 is 0 Å². The Balaban J connectivity index is 1.07. The molecular weight excluding hydrogens is 717 g/mol. The first-order valence-corrected chi connectivity index (χ1v) is 20.9. The highest BCUT2D eigenvalue weighted by Gasteiger charge is 2.37. The van der Waals surface area contributed by atoms with Crippen molar-refractivity contribution < 1.29 is 4.42 Å². The Morgan fingerprint density at radius 3 is 1.71 bits per heavy atom. The molecule has 0 unspecified atom stereocenters. The lowest BCUT2D eigenvalue weighted by Crippen LogP contribution is -2.33. The lowest BCUT2D eigenvalue weighted by Gasteiger charge is -2.42. The Bertz CT molecular complexity index is 3200. The number of anilines is 3. The molecule has 2 heterocycles. The zero-order valence-corrected chi connectivity index (χ0v) is 34.0. The molecule has 0 fully saturated rings. The maximum Gasteiger partial charge on any atom is 0.135 e. The van der Waals surface area contributed by atoms with Crippen LogP contribution in [0.2, 0.25) is 0 Å². The van der Waals surface area contributed by atoms with Gasteiger partial charge in [-0.1, -0.05) is 137 Å².